The summed E-state index contributed by atoms with van der Waals surface area (Å²) in [6, 6.07) is 0. The van der Waals surface area contributed by atoms with Crippen molar-refractivity contribution in [1.82, 2.24) is 5.32 Å². The lowest BCUT2D eigenvalue weighted by Crippen LogP contribution is -2.30. The maximum absolute atomic E-state index is 3.34. The Kier molecular flexibility index (Phi) is 1.01. The Morgan fingerprint density at radius 3 is 1.86 bits per heavy atom. The summed E-state index contributed by atoms with van der Waals surface area (Å²) in [5, 5.41) is 3.34. The van der Waals surface area contributed by atoms with E-state index in [-0.39, 0.29) is 0 Å². The highest BCUT2D eigenvalue weighted by atomic mass is 28.3. The van der Waals surface area contributed by atoms with E-state index in [0.717, 1.165) is 5.67 Å². The van der Waals surface area contributed by atoms with Gasteiger partial charge >= 0.3 is 0 Å². The monoisotopic (exact) mass is 115 g/mol. The minimum atomic E-state index is -0.735. The quantitative estimate of drug-likeness (QED) is 0.397. The molecule has 1 saturated heterocycles. The molecule has 0 amide bonds. The first-order chi connectivity index (χ1) is 3.11. The molecule has 0 radical (unpaired) electrons. The first-order valence-electron chi connectivity index (χ1n) is 2.84. The summed E-state index contributed by atoms with van der Waals surface area (Å²) < 4.78 is 0. The zero-order chi connectivity index (χ0) is 5.49. The molecule has 0 bridgehead atoms. The van der Waals surface area contributed by atoms with Crippen LogP contribution in [0.2, 0.25) is 19.6 Å². The molecule has 0 aromatic heterocycles. The third-order valence-corrected chi connectivity index (χ3v) is 3.95. The molecule has 1 nitrogen and oxygen atoms in total. The maximum atomic E-state index is 3.34. The van der Waals surface area contributed by atoms with Crippen molar-refractivity contribution in [3.05, 3.63) is 0 Å². The molecule has 42 valence electrons. The fraction of sp³-hybridized carbons (Fsp3) is 1.00. The normalized spacial score (nSPS) is 30.4. The summed E-state index contributed by atoms with van der Waals surface area (Å²) in [5.74, 6) is 0. The van der Waals surface area contributed by atoms with Crippen LogP contribution in [-0.2, 0) is 0 Å². The molecule has 1 rings (SSSR count). The van der Waals surface area contributed by atoms with Crippen molar-refractivity contribution in [2.75, 3.05) is 6.54 Å². The van der Waals surface area contributed by atoms with Gasteiger partial charge in [0.15, 0.2) is 0 Å². The van der Waals surface area contributed by atoms with Crippen molar-refractivity contribution in [2.24, 2.45) is 0 Å². The number of hydrogen-bond donors (Lipinski definition) is 1. The predicted molar refractivity (Wildman–Crippen MR) is 35.1 cm³/mol. The van der Waals surface area contributed by atoms with Gasteiger partial charge in [-0.2, -0.15) is 0 Å². The van der Waals surface area contributed by atoms with Crippen LogP contribution in [-0.4, -0.2) is 20.3 Å². The van der Waals surface area contributed by atoms with Gasteiger partial charge in [-0.15, -0.1) is 0 Å². The van der Waals surface area contributed by atoms with E-state index in [1.807, 2.05) is 0 Å². The molecule has 1 aliphatic heterocycles. The SMILES string of the molecule is C[Si](C)(C)C1CN1. The smallest absolute Gasteiger partial charge is 0.0651 e. The van der Waals surface area contributed by atoms with Gasteiger partial charge in [0.25, 0.3) is 0 Å². The first-order valence-corrected chi connectivity index (χ1v) is 6.42. The highest BCUT2D eigenvalue weighted by Gasteiger charge is 2.34. The van der Waals surface area contributed by atoms with Gasteiger partial charge in [-0.25, -0.2) is 0 Å². The molecule has 0 aromatic carbocycles. The van der Waals surface area contributed by atoms with Crippen LogP contribution in [0.25, 0.3) is 0 Å². The van der Waals surface area contributed by atoms with Crippen LogP contribution in [0.5, 0.6) is 0 Å². The van der Waals surface area contributed by atoms with Crippen LogP contribution in [0.3, 0.4) is 0 Å². The topological polar surface area (TPSA) is 21.9 Å². The van der Waals surface area contributed by atoms with Crippen LogP contribution in [0, 0.1) is 0 Å². The summed E-state index contributed by atoms with van der Waals surface area (Å²) in [7, 11) is -0.735. The lowest BCUT2D eigenvalue weighted by atomic mass is 11.0. The molecule has 0 spiro atoms. The Balaban J connectivity index is 2.36. The van der Waals surface area contributed by atoms with E-state index in [9.17, 15) is 0 Å². The maximum Gasteiger partial charge on any atom is 0.0651 e. The van der Waals surface area contributed by atoms with Crippen molar-refractivity contribution in [2.45, 2.75) is 25.3 Å². The van der Waals surface area contributed by atoms with Crippen molar-refractivity contribution < 1.29 is 0 Å². The minimum Gasteiger partial charge on any atom is -0.314 e. The molecular weight excluding hydrogens is 102 g/mol. The molecule has 0 aliphatic carbocycles. The number of hydrogen-bond acceptors (Lipinski definition) is 1. The molecule has 1 unspecified atom stereocenters. The summed E-state index contributed by atoms with van der Waals surface area (Å²) in [4.78, 5) is 0. The molecule has 2 heteroatoms. The third-order valence-electron chi connectivity index (χ3n) is 1.45. The van der Waals surface area contributed by atoms with Crippen LogP contribution >= 0.6 is 0 Å². The fourth-order valence-corrected chi connectivity index (χ4v) is 2.01. The molecule has 1 heterocycles. The summed E-state index contributed by atoms with van der Waals surface area (Å²) in [6.07, 6.45) is 0. The molecule has 0 aromatic rings. The number of nitrogens with one attached hydrogen (secondary N) is 1. The second-order valence-corrected chi connectivity index (χ2v) is 8.76. The van der Waals surface area contributed by atoms with Gasteiger partial charge in [-0.05, 0) is 0 Å². The van der Waals surface area contributed by atoms with E-state index in [1.165, 1.54) is 6.54 Å². The molecule has 1 atom stereocenters. The number of rotatable bonds is 1. The van der Waals surface area contributed by atoms with Gasteiger partial charge in [0.2, 0.25) is 0 Å². The molecule has 1 fully saturated rings. The molecular formula is C5H13NSi. The highest BCUT2D eigenvalue weighted by Crippen LogP contribution is 2.13. The summed E-state index contributed by atoms with van der Waals surface area (Å²) in [5.41, 5.74) is 0.937. The van der Waals surface area contributed by atoms with Gasteiger partial charge in [0, 0.05) is 12.2 Å². The van der Waals surface area contributed by atoms with Crippen molar-refractivity contribution in [3.8, 4) is 0 Å². The molecule has 1 aliphatic rings. The average molecular weight is 115 g/mol. The Labute approximate surface area is 46.1 Å². The summed E-state index contributed by atoms with van der Waals surface area (Å²) in [6.45, 7) is 8.49. The third kappa shape index (κ3) is 1.28. The molecule has 0 saturated carbocycles. The van der Waals surface area contributed by atoms with Gasteiger partial charge in [-0.3, -0.25) is 0 Å². The molecule has 1 N–H and O–H groups in total. The Hall–Kier alpha value is 0.177. The highest BCUT2D eigenvalue weighted by molar-refractivity contribution is 6.78. The van der Waals surface area contributed by atoms with Gasteiger partial charge < -0.3 is 5.32 Å². The Bertz CT molecular complexity index is 70.6. The molecule has 7 heavy (non-hydrogen) atoms. The minimum absolute atomic E-state index is 0.735. The second kappa shape index (κ2) is 1.33. The lowest BCUT2D eigenvalue weighted by molar-refractivity contribution is 1.24. The zero-order valence-electron chi connectivity index (χ0n) is 5.28. The van der Waals surface area contributed by atoms with Crippen LogP contribution in [0.4, 0.5) is 0 Å². The van der Waals surface area contributed by atoms with Gasteiger partial charge in [0.05, 0.1) is 8.07 Å². The van der Waals surface area contributed by atoms with Crippen LogP contribution in [0.15, 0.2) is 0 Å². The Morgan fingerprint density at radius 2 is 1.86 bits per heavy atom. The summed E-state index contributed by atoms with van der Waals surface area (Å²) >= 11 is 0. The first kappa shape index (κ1) is 5.32. The van der Waals surface area contributed by atoms with E-state index < -0.39 is 8.07 Å². The predicted octanol–water partition coefficient (Wildman–Crippen LogP) is 0.836. The van der Waals surface area contributed by atoms with Crippen LogP contribution < -0.4 is 5.32 Å². The van der Waals surface area contributed by atoms with E-state index >= 15 is 0 Å². The largest absolute Gasteiger partial charge is 0.314 e. The van der Waals surface area contributed by atoms with E-state index in [1.54, 1.807) is 0 Å². The van der Waals surface area contributed by atoms with Crippen molar-refractivity contribution in [3.63, 3.8) is 0 Å². The van der Waals surface area contributed by atoms with E-state index in [4.69, 9.17) is 0 Å². The standard InChI is InChI=1S/C5H13NSi/c1-7(2,3)5-4-6-5/h5-6H,4H2,1-3H3. The van der Waals surface area contributed by atoms with E-state index in [0.29, 0.717) is 0 Å². The zero-order valence-corrected chi connectivity index (χ0v) is 6.28. The average Bonchev–Trinajstić information content (AvgIpc) is 1.99. The van der Waals surface area contributed by atoms with Crippen molar-refractivity contribution >= 4 is 8.07 Å². The second-order valence-electron chi connectivity index (χ2n) is 3.33. The Morgan fingerprint density at radius 1 is 1.43 bits per heavy atom. The van der Waals surface area contributed by atoms with Crippen LogP contribution in [0.1, 0.15) is 0 Å². The van der Waals surface area contributed by atoms with E-state index in [2.05, 4.69) is 25.0 Å². The lowest BCUT2D eigenvalue weighted by Gasteiger charge is -2.10. The van der Waals surface area contributed by atoms with Crippen molar-refractivity contribution in [1.29, 1.82) is 0 Å². The van der Waals surface area contributed by atoms with Gasteiger partial charge in [-0.1, -0.05) is 19.6 Å². The fourth-order valence-electron chi connectivity index (χ4n) is 0.671. The van der Waals surface area contributed by atoms with Gasteiger partial charge in [0.1, 0.15) is 0 Å².